The third-order valence-corrected chi connectivity index (χ3v) is 5.53. The van der Waals surface area contributed by atoms with Crippen LogP contribution < -0.4 is 4.72 Å². The molecule has 1 heterocycles. The van der Waals surface area contributed by atoms with Gasteiger partial charge in [-0.25, -0.2) is 13.1 Å². The quantitative estimate of drug-likeness (QED) is 0.845. The molecule has 1 aromatic carbocycles. The maximum Gasteiger partial charge on any atom is 0.416 e. The van der Waals surface area contributed by atoms with Gasteiger partial charge in [0.2, 0.25) is 10.0 Å². The van der Waals surface area contributed by atoms with E-state index in [1.54, 1.807) is 0 Å². The molecule has 2 rings (SSSR count). The third-order valence-electron chi connectivity index (χ3n) is 4.08. The molecule has 9 heteroatoms. The Morgan fingerprint density at radius 2 is 1.96 bits per heavy atom. The molecule has 1 aliphatic heterocycles. The number of hydrogen-bond donors (Lipinski definition) is 1. The Morgan fingerprint density at radius 1 is 1.29 bits per heavy atom. The van der Waals surface area contributed by atoms with E-state index in [1.165, 1.54) is 0 Å². The van der Waals surface area contributed by atoms with Gasteiger partial charge in [0.15, 0.2) is 0 Å². The molecule has 1 saturated heterocycles. The first-order valence-corrected chi connectivity index (χ1v) is 8.99. The molecule has 0 aromatic heterocycles. The Morgan fingerprint density at radius 3 is 2.50 bits per heavy atom. The molecule has 0 aliphatic carbocycles. The first-order chi connectivity index (χ1) is 10.6. The van der Waals surface area contributed by atoms with Crippen LogP contribution in [-0.2, 0) is 16.2 Å². The molecule has 0 bridgehead atoms. The first-order valence-electron chi connectivity index (χ1n) is 7.50. The number of sulfonamides is 1. The minimum Gasteiger partial charge on any atom is -0.299 e. The van der Waals surface area contributed by atoms with Crippen LogP contribution in [-0.4, -0.2) is 39.0 Å². The molecule has 2 atom stereocenters. The van der Waals surface area contributed by atoms with E-state index in [9.17, 15) is 21.6 Å². The minimum absolute atomic E-state index is 0. The summed E-state index contributed by atoms with van der Waals surface area (Å²) in [5, 5.41) is 0. The van der Waals surface area contributed by atoms with Crippen LogP contribution in [0.2, 0.25) is 0 Å². The van der Waals surface area contributed by atoms with Crippen molar-refractivity contribution >= 4 is 22.4 Å². The highest BCUT2D eigenvalue weighted by Gasteiger charge is 2.31. The fraction of sp³-hybridized carbons (Fsp3) is 0.600. The first kappa shape index (κ1) is 21.2. The van der Waals surface area contributed by atoms with Gasteiger partial charge in [-0.05, 0) is 37.5 Å². The fourth-order valence-electron chi connectivity index (χ4n) is 2.94. The van der Waals surface area contributed by atoms with Crippen LogP contribution in [0.3, 0.4) is 0 Å². The number of benzene rings is 1. The van der Waals surface area contributed by atoms with Gasteiger partial charge in [-0.15, -0.1) is 12.4 Å². The lowest BCUT2D eigenvalue weighted by molar-refractivity contribution is -0.137. The van der Waals surface area contributed by atoms with Crippen molar-refractivity contribution < 1.29 is 21.6 Å². The van der Waals surface area contributed by atoms with E-state index in [-0.39, 0.29) is 23.8 Å². The monoisotopic (exact) mass is 386 g/mol. The van der Waals surface area contributed by atoms with E-state index in [4.69, 9.17) is 0 Å². The standard InChI is InChI=1S/C15H21F3N2O2S.ClH/c1-11-8-12(2)20(10-11)7-6-19-23(21,22)14-5-3-4-13(9-14)15(16,17)18;/h3-5,9,11-12,19H,6-8,10H2,1-2H3;1H. The number of nitrogens with zero attached hydrogens (tertiary/aromatic N) is 1. The summed E-state index contributed by atoms with van der Waals surface area (Å²) in [5.41, 5.74) is -0.970. The van der Waals surface area contributed by atoms with Crippen LogP contribution >= 0.6 is 12.4 Å². The molecule has 1 aromatic rings. The number of hydrogen-bond acceptors (Lipinski definition) is 3. The molecule has 0 radical (unpaired) electrons. The minimum atomic E-state index is -4.56. The summed E-state index contributed by atoms with van der Waals surface area (Å²) in [5.74, 6) is 0.574. The second kappa shape index (κ2) is 8.03. The van der Waals surface area contributed by atoms with Gasteiger partial charge in [0.1, 0.15) is 0 Å². The Bertz CT molecular complexity index is 652. The number of rotatable bonds is 5. The van der Waals surface area contributed by atoms with Gasteiger partial charge in [0.25, 0.3) is 0 Å². The maximum absolute atomic E-state index is 12.7. The van der Waals surface area contributed by atoms with Gasteiger partial charge in [-0.3, -0.25) is 4.90 Å². The zero-order valence-corrected chi connectivity index (χ0v) is 15.1. The van der Waals surface area contributed by atoms with Crippen molar-refractivity contribution in [1.82, 2.24) is 9.62 Å². The third kappa shape index (κ3) is 5.34. The van der Waals surface area contributed by atoms with Crippen molar-refractivity contribution in [2.24, 2.45) is 5.92 Å². The molecule has 0 amide bonds. The van der Waals surface area contributed by atoms with Crippen molar-refractivity contribution in [1.29, 1.82) is 0 Å². The second-order valence-corrected chi connectivity index (χ2v) is 7.88. The summed E-state index contributed by atoms with van der Waals surface area (Å²) in [6, 6.07) is 4.16. The summed E-state index contributed by atoms with van der Waals surface area (Å²) in [7, 11) is -3.94. The van der Waals surface area contributed by atoms with Crippen molar-refractivity contribution in [2.45, 2.75) is 37.4 Å². The Kier molecular flexibility index (Phi) is 7.10. The Balaban J connectivity index is 0.00000288. The summed E-state index contributed by atoms with van der Waals surface area (Å²) >= 11 is 0. The van der Waals surface area contributed by atoms with Gasteiger partial charge in [-0.1, -0.05) is 13.0 Å². The van der Waals surface area contributed by atoms with Gasteiger partial charge in [0, 0.05) is 25.7 Å². The average Bonchev–Trinajstić information content (AvgIpc) is 2.76. The molecule has 4 nitrogen and oxygen atoms in total. The normalized spacial score (nSPS) is 22.4. The largest absolute Gasteiger partial charge is 0.416 e. The Hall–Kier alpha value is -0.830. The predicted octanol–water partition coefficient (Wildman–Crippen LogP) is 3.14. The van der Waals surface area contributed by atoms with Crippen molar-refractivity contribution in [3.63, 3.8) is 0 Å². The van der Waals surface area contributed by atoms with Gasteiger partial charge < -0.3 is 0 Å². The van der Waals surface area contributed by atoms with Crippen LogP contribution in [0.4, 0.5) is 13.2 Å². The number of likely N-dealkylation sites (tertiary alicyclic amines) is 1. The number of halogens is 4. The molecule has 1 N–H and O–H groups in total. The molecular formula is C15H22ClF3N2O2S. The van der Waals surface area contributed by atoms with E-state index in [0.29, 0.717) is 24.6 Å². The molecule has 24 heavy (non-hydrogen) atoms. The number of nitrogens with one attached hydrogen (secondary N) is 1. The average molecular weight is 387 g/mol. The lowest BCUT2D eigenvalue weighted by atomic mass is 10.1. The Labute approximate surface area is 146 Å². The van der Waals surface area contributed by atoms with E-state index in [2.05, 4.69) is 23.5 Å². The van der Waals surface area contributed by atoms with Crippen molar-refractivity contribution in [2.75, 3.05) is 19.6 Å². The van der Waals surface area contributed by atoms with Gasteiger partial charge >= 0.3 is 6.18 Å². The smallest absolute Gasteiger partial charge is 0.299 e. The maximum atomic E-state index is 12.7. The molecule has 2 unspecified atom stereocenters. The van der Waals surface area contributed by atoms with Crippen LogP contribution in [0.15, 0.2) is 29.2 Å². The lowest BCUT2D eigenvalue weighted by Crippen LogP contribution is -2.36. The van der Waals surface area contributed by atoms with Crippen LogP contribution in [0.5, 0.6) is 0 Å². The van der Waals surface area contributed by atoms with Gasteiger partial charge in [-0.2, -0.15) is 13.2 Å². The van der Waals surface area contributed by atoms with E-state index in [1.807, 2.05) is 0 Å². The fourth-order valence-corrected chi connectivity index (χ4v) is 4.01. The number of alkyl halides is 3. The van der Waals surface area contributed by atoms with Gasteiger partial charge in [0.05, 0.1) is 10.5 Å². The summed E-state index contributed by atoms with van der Waals surface area (Å²) < 4.78 is 64.7. The highest BCUT2D eigenvalue weighted by atomic mass is 35.5. The van der Waals surface area contributed by atoms with Crippen LogP contribution in [0.25, 0.3) is 0 Å². The summed E-state index contributed by atoms with van der Waals surface area (Å²) in [6.45, 7) is 5.86. The van der Waals surface area contributed by atoms with Crippen LogP contribution in [0.1, 0.15) is 25.8 Å². The SMILES string of the molecule is CC1CC(C)N(CCNS(=O)(=O)c2cccc(C(F)(F)F)c2)C1.Cl. The zero-order chi connectivity index (χ0) is 17.3. The molecule has 0 spiro atoms. The molecule has 1 aliphatic rings. The topological polar surface area (TPSA) is 49.4 Å². The lowest BCUT2D eigenvalue weighted by Gasteiger charge is -2.21. The van der Waals surface area contributed by atoms with E-state index in [0.717, 1.165) is 31.2 Å². The van der Waals surface area contributed by atoms with E-state index < -0.39 is 21.8 Å². The van der Waals surface area contributed by atoms with Crippen LogP contribution in [0, 0.1) is 5.92 Å². The van der Waals surface area contributed by atoms with Crippen molar-refractivity contribution in [3.8, 4) is 0 Å². The molecule has 1 fully saturated rings. The highest BCUT2D eigenvalue weighted by Crippen LogP contribution is 2.30. The van der Waals surface area contributed by atoms with Crippen molar-refractivity contribution in [3.05, 3.63) is 29.8 Å². The summed E-state index contributed by atoms with van der Waals surface area (Å²) in [4.78, 5) is 1.81. The highest BCUT2D eigenvalue weighted by molar-refractivity contribution is 7.89. The molecular weight excluding hydrogens is 365 g/mol. The second-order valence-electron chi connectivity index (χ2n) is 6.11. The molecule has 0 saturated carbocycles. The van der Waals surface area contributed by atoms with E-state index >= 15 is 0 Å². The zero-order valence-electron chi connectivity index (χ0n) is 13.5. The molecule has 138 valence electrons. The summed E-state index contributed by atoms with van der Waals surface area (Å²) in [6.07, 6.45) is -3.49. The predicted molar refractivity (Wildman–Crippen MR) is 88.7 cm³/mol.